The zero-order valence-electron chi connectivity index (χ0n) is 13.8. The lowest BCUT2D eigenvalue weighted by molar-refractivity contribution is -0.117. The molecule has 3 rings (SSSR count). The summed E-state index contributed by atoms with van der Waals surface area (Å²) < 4.78 is 0. The van der Waals surface area contributed by atoms with Crippen molar-refractivity contribution < 1.29 is 4.79 Å². The van der Waals surface area contributed by atoms with Crippen molar-refractivity contribution in [2.75, 3.05) is 42.9 Å². The van der Waals surface area contributed by atoms with Crippen molar-refractivity contribution in [3.8, 4) is 0 Å². The highest BCUT2D eigenvalue weighted by molar-refractivity contribution is 6.02. The van der Waals surface area contributed by atoms with Crippen LogP contribution in [0.25, 0.3) is 0 Å². The van der Waals surface area contributed by atoms with Gasteiger partial charge in [-0.3, -0.25) is 4.79 Å². The largest absolute Gasteiger partial charge is 0.374 e. The fourth-order valence-corrected chi connectivity index (χ4v) is 3.56. The molecule has 0 saturated carbocycles. The van der Waals surface area contributed by atoms with Crippen LogP contribution in [-0.4, -0.2) is 43.5 Å². The van der Waals surface area contributed by atoms with Gasteiger partial charge in [0.25, 0.3) is 0 Å². The lowest BCUT2D eigenvalue weighted by atomic mass is 9.90. The van der Waals surface area contributed by atoms with Gasteiger partial charge < -0.3 is 15.1 Å². The summed E-state index contributed by atoms with van der Waals surface area (Å²) in [5.74, 6) is 0.190. The van der Waals surface area contributed by atoms with Gasteiger partial charge in [-0.05, 0) is 62.0 Å². The molecule has 1 aliphatic carbocycles. The molecule has 1 amide bonds. The quantitative estimate of drug-likeness (QED) is 0.908. The molecule has 0 spiro atoms. The molecule has 22 heavy (non-hydrogen) atoms. The van der Waals surface area contributed by atoms with E-state index in [1.54, 1.807) is 0 Å². The van der Waals surface area contributed by atoms with Gasteiger partial charge in [0.05, 0.1) is 17.9 Å². The van der Waals surface area contributed by atoms with E-state index in [0.717, 1.165) is 44.0 Å². The molecule has 0 unspecified atom stereocenters. The third-order valence-corrected chi connectivity index (χ3v) is 5.02. The monoisotopic (exact) mass is 301 g/mol. The second kappa shape index (κ2) is 6.69. The van der Waals surface area contributed by atoms with Crippen LogP contribution in [0.1, 0.15) is 37.8 Å². The van der Waals surface area contributed by atoms with Crippen molar-refractivity contribution >= 4 is 17.3 Å². The van der Waals surface area contributed by atoms with Gasteiger partial charge in [-0.1, -0.05) is 13.8 Å². The fourth-order valence-electron chi connectivity index (χ4n) is 3.56. The van der Waals surface area contributed by atoms with E-state index < -0.39 is 0 Å². The number of rotatable bonds is 5. The Morgan fingerprint density at radius 1 is 1.14 bits per heavy atom. The van der Waals surface area contributed by atoms with Gasteiger partial charge in [-0.15, -0.1) is 0 Å². The maximum absolute atomic E-state index is 12.4. The predicted molar refractivity (Wildman–Crippen MR) is 91.7 cm³/mol. The summed E-state index contributed by atoms with van der Waals surface area (Å²) in [6.45, 7) is 8.57. The van der Waals surface area contributed by atoms with E-state index >= 15 is 0 Å². The summed E-state index contributed by atoms with van der Waals surface area (Å²) in [7, 11) is 0. The van der Waals surface area contributed by atoms with E-state index in [9.17, 15) is 4.79 Å². The molecule has 1 N–H and O–H groups in total. The summed E-state index contributed by atoms with van der Waals surface area (Å²) in [4.78, 5) is 16.7. The first-order chi connectivity index (χ1) is 10.7. The molecule has 4 nitrogen and oxygen atoms in total. The molecule has 0 atom stereocenters. The average Bonchev–Trinajstić information content (AvgIpc) is 2.55. The lowest BCUT2D eigenvalue weighted by Gasteiger charge is -2.33. The first kappa shape index (κ1) is 15.3. The van der Waals surface area contributed by atoms with Gasteiger partial charge in [0.1, 0.15) is 0 Å². The Morgan fingerprint density at radius 3 is 2.50 bits per heavy atom. The number of amides is 1. The number of nitrogens with zero attached hydrogens (tertiary/aromatic N) is 2. The van der Waals surface area contributed by atoms with Crippen LogP contribution < -0.4 is 10.2 Å². The van der Waals surface area contributed by atoms with E-state index in [1.165, 1.54) is 30.4 Å². The number of hydrogen-bond acceptors (Lipinski definition) is 3. The highest BCUT2D eigenvalue weighted by atomic mass is 16.2. The van der Waals surface area contributed by atoms with Gasteiger partial charge in [0.2, 0.25) is 5.91 Å². The van der Waals surface area contributed by atoms with Gasteiger partial charge in [0, 0.05) is 13.1 Å². The Kier molecular flexibility index (Phi) is 4.67. The number of fused-ring (bicyclic) bond motifs is 2. The van der Waals surface area contributed by atoms with E-state index in [4.69, 9.17) is 0 Å². The molecule has 0 saturated heterocycles. The van der Waals surface area contributed by atoms with Crippen molar-refractivity contribution in [3.05, 3.63) is 23.3 Å². The van der Waals surface area contributed by atoms with Crippen LogP contribution in [0.4, 0.5) is 11.4 Å². The molecule has 0 aromatic heterocycles. The molecule has 1 aromatic carbocycles. The molecule has 120 valence electrons. The van der Waals surface area contributed by atoms with Crippen LogP contribution in [0.3, 0.4) is 0 Å². The van der Waals surface area contributed by atoms with Gasteiger partial charge in [-0.2, -0.15) is 0 Å². The molecule has 0 bridgehead atoms. The molecule has 0 radical (unpaired) electrons. The lowest BCUT2D eigenvalue weighted by Crippen LogP contribution is -2.44. The van der Waals surface area contributed by atoms with Crippen molar-refractivity contribution in [2.24, 2.45) is 0 Å². The van der Waals surface area contributed by atoms with E-state index in [1.807, 2.05) is 4.90 Å². The summed E-state index contributed by atoms with van der Waals surface area (Å²) in [5.41, 5.74) is 5.13. The van der Waals surface area contributed by atoms with Crippen LogP contribution in [0.2, 0.25) is 0 Å². The normalized spacial score (nSPS) is 17.2. The standard InChI is InChI=1S/C18H27N3O/c1-3-20(4-2)9-10-21-17-12-15-8-6-5-7-14(15)11-16(17)19-13-18(21)22/h11-12,19H,3-10,13H2,1-2H3. The molecule has 1 heterocycles. The van der Waals surface area contributed by atoms with Crippen LogP contribution in [0.5, 0.6) is 0 Å². The Bertz CT molecular complexity index is 552. The predicted octanol–water partition coefficient (Wildman–Crippen LogP) is 2.67. The van der Waals surface area contributed by atoms with Crippen molar-refractivity contribution in [1.82, 2.24) is 4.90 Å². The Morgan fingerprint density at radius 2 is 1.82 bits per heavy atom. The molecule has 4 heteroatoms. The van der Waals surface area contributed by atoms with E-state index in [2.05, 4.69) is 36.2 Å². The molecule has 1 aromatic rings. The molecule has 2 aliphatic rings. The number of aryl methyl sites for hydroxylation is 2. The number of carbonyl (C=O) groups is 1. The summed E-state index contributed by atoms with van der Waals surface area (Å²) in [6.07, 6.45) is 4.89. The molecule has 0 fully saturated rings. The minimum Gasteiger partial charge on any atom is -0.374 e. The van der Waals surface area contributed by atoms with Crippen LogP contribution >= 0.6 is 0 Å². The Balaban J connectivity index is 1.84. The van der Waals surface area contributed by atoms with Gasteiger partial charge in [0.15, 0.2) is 0 Å². The maximum Gasteiger partial charge on any atom is 0.246 e. The molecule has 1 aliphatic heterocycles. The fraction of sp³-hybridized carbons (Fsp3) is 0.611. The molecular weight excluding hydrogens is 274 g/mol. The summed E-state index contributed by atoms with van der Waals surface area (Å²) in [5, 5.41) is 3.30. The number of anilines is 2. The molecular formula is C18H27N3O. The van der Waals surface area contributed by atoms with Crippen molar-refractivity contribution in [1.29, 1.82) is 0 Å². The Hall–Kier alpha value is -1.55. The number of carbonyl (C=O) groups excluding carboxylic acids is 1. The summed E-state index contributed by atoms with van der Waals surface area (Å²) >= 11 is 0. The Labute approximate surface area is 133 Å². The average molecular weight is 301 g/mol. The topological polar surface area (TPSA) is 35.6 Å². The first-order valence-electron chi connectivity index (χ1n) is 8.65. The zero-order chi connectivity index (χ0) is 15.5. The summed E-state index contributed by atoms with van der Waals surface area (Å²) in [6, 6.07) is 4.54. The number of likely N-dealkylation sites (N-methyl/N-ethyl adjacent to an activating group) is 1. The van der Waals surface area contributed by atoms with Gasteiger partial charge >= 0.3 is 0 Å². The smallest absolute Gasteiger partial charge is 0.246 e. The van der Waals surface area contributed by atoms with Crippen LogP contribution in [0.15, 0.2) is 12.1 Å². The number of benzene rings is 1. The SMILES string of the molecule is CCN(CC)CCN1C(=O)CNc2cc3c(cc21)CCCC3. The van der Waals surface area contributed by atoms with Crippen LogP contribution in [0, 0.1) is 0 Å². The first-order valence-corrected chi connectivity index (χ1v) is 8.65. The highest BCUT2D eigenvalue weighted by Gasteiger charge is 2.26. The minimum atomic E-state index is 0.190. The minimum absolute atomic E-state index is 0.190. The van der Waals surface area contributed by atoms with E-state index in [0.29, 0.717) is 6.54 Å². The second-order valence-corrected chi connectivity index (χ2v) is 6.27. The number of hydrogen-bond donors (Lipinski definition) is 1. The zero-order valence-corrected chi connectivity index (χ0v) is 13.8. The van der Waals surface area contributed by atoms with Crippen molar-refractivity contribution in [2.45, 2.75) is 39.5 Å². The maximum atomic E-state index is 12.4. The third-order valence-electron chi connectivity index (χ3n) is 5.02. The van der Waals surface area contributed by atoms with Crippen molar-refractivity contribution in [3.63, 3.8) is 0 Å². The number of nitrogens with one attached hydrogen (secondary N) is 1. The van der Waals surface area contributed by atoms with Gasteiger partial charge in [-0.25, -0.2) is 0 Å². The van der Waals surface area contributed by atoms with E-state index in [-0.39, 0.29) is 5.91 Å². The highest BCUT2D eigenvalue weighted by Crippen LogP contribution is 2.35. The van der Waals surface area contributed by atoms with Crippen LogP contribution in [-0.2, 0) is 17.6 Å². The second-order valence-electron chi connectivity index (χ2n) is 6.27. The third kappa shape index (κ3) is 2.98.